The smallest absolute Gasteiger partial charge is 0.321 e. The van der Waals surface area contributed by atoms with Gasteiger partial charge in [-0.15, -0.1) is 0 Å². The van der Waals surface area contributed by atoms with E-state index >= 15 is 0 Å². The van der Waals surface area contributed by atoms with Gasteiger partial charge in [0, 0.05) is 13.1 Å². The zero-order valence-corrected chi connectivity index (χ0v) is 15.4. The van der Waals surface area contributed by atoms with Crippen LogP contribution < -0.4 is 4.72 Å². The van der Waals surface area contributed by atoms with Crippen LogP contribution in [0.3, 0.4) is 0 Å². The molecule has 0 atom stereocenters. The SMILES string of the molecule is O=C(CNS(=O)(=O)c1ccc2ccccc2c1)OCC(=O)N1CCOCC1. The maximum Gasteiger partial charge on any atom is 0.321 e. The van der Waals surface area contributed by atoms with Crippen molar-refractivity contribution < 1.29 is 27.5 Å². The highest BCUT2D eigenvalue weighted by molar-refractivity contribution is 7.89. The molecule has 0 unspecified atom stereocenters. The second-order valence-corrected chi connectivity index (χ2v) is 7.75. The maximum absolute atomic E-state index is 12.4. The number of hydrogen-bond donors (Lipinski definition) is 1. The van der Waals surface area contributed by atoms with Gasteiger partial charge in [-0.3, -0.25) is 9.59 Å². The molecule has 0 aromatic heterocycles. The van der Waals surface area contributed by atoms with Crippen molar-refractivity contribution in [3.8, 4) is 0 Å². The Morgan fingerprint density at radius 3 is 2.52 bits per heavy atom. The molecule has 9 heteroatoms. The van der Waals surface area contributed by atoms with E-state index in [4.69, 9.17) is 9.47 Å². The van der Waals surface area contributed by atoms with Crippen molar-refractivity contribution in [2.45, 2.75) is 4.90 Å². The molecule has 1 saturated heterocycles. The lowest BCUT2D eigenvalue weighted by Gasteiger charge is -2.26. The number of benzene rings is 2. The van der Waals surface area contributed by atoms with Crippen molar-refractivity contribution in [2.75, 3.05) is 39.5 Å². The molecular weight excluding hydrogens is 372 g/mol. The fourth-order valence-electron chi connectivity index (χ4n) is 2.67. The fraction of sp³-hybridized carbons (Fsp3) is 0.333. The van der Waals surface area contributed by atoms with Gasteiger partial charge in [-0.05, 0) is 22.9 Å². The second kappa shape index (κ2) is 8.47. The third kappa shape index (κ3) is 5.03. The van der Waals surface area contributed by atoms with Crippen LogP contribution in [0.4, 0.5) is 0 Å². The largest absolute Gasteiger partial charge is 0.455 e. The van der Waals surface area contributed by atoms with Crippen LogP contribution in [0.2, 0.25) is 0 Å². The maximum atomic E-state index is 12.4. The first kappa shape index (κ1) is 19.3. The summed E-state index contributed by atoms with van der Waals surface area (Å²) in [6, 6.07) is 12.1. The molecule has 0 spiro atoms. The summed E-state index contributed by atoms with van der Waals surface area (Å²) in [4.78, 5) is 25.3. The lowest BCUT2D eigenvalue weighted by molar-refractivity contribution is -0.152. The summed E-state index contributed by atoms with van der Waals surface area (Å²) in [7, 11) is -3.87. The van der Waals surface area contributed by atoms with Crippen molar-refractivity contribution in [1.82, 2.24) is 9.62 Å². The van der Waals surface area contributed by atoms with E-state index in [-0.39, 0.29) is 10.8 Å². The van der Waals surface area contributed by atoms with Gasteiger partial charge < -0.3 is 14.4 Å². The molecule has 1 heterocycles. The zero-order chi connectivity index (χ0) is 19.3. The summed E-state index contributed by atoms with van der Waals surface area (Å²) in [5.74, 6) is -1.15. The number of amides is 1. The first-order valence-corrected chi connectivity index (χ1v) is 9.94. The summed E-state index contributed by atoms with van der Waals surface area (Å²) in [6.45, 7) is 0.828. The summed E-state index contributed by atoms with van der Waals surface area (Å²) in [5.41, 5.74) is 0. The van der Waals surface area contributed by atoms with E-state index in [1.165, 1.54) is 17.0 Å². The zero-order valence-electron chi connectivity index (χ0n) is 14.6. The van der Waals surface area contributed by atoms with E-state index in [1.807, 2.05) is 18.2 Å². The molecule has 3 rings (SSSR count). The standard InChI is InChI=1S/C18H20N2O6S/c21-17(20-7-9-25-10-8-20)13-26-18(22)12-19-27(23,24)16-6-5-14-3-1-2-4-15(14)11-16/h1-6,11,19H,7-10,12-13H2. The number of rotatable bonds is 6. The van der Waals surface area contributed by atoms with Crippen LogP contribution in [0.25, 0.3) is 10.8 Å². The molecule has 0 radical (unpaired) electrons. The predicted molar refractivity (Wildman–Crippen MR) is 97.5 cm³/mol. The third-order valence-corrected chi connectivity index (χ3v) is 5.56. The van der Waals surface area contributed by atoms with E-state index in [2.05, 4.69) is 4.72 Å². The first-order chi connectivity index (χ1) is 13.0. The van der Waals surface area contributed by atoms with Gasteiger partial charge in [-0.2, -0.15) is 4.72 Å². The lowest BCUT2D eigenvalue weighted by Crippen LogP contribution is -2.43. The molecule has 1 aliphatic rings. The fourth-order valence-corrected chi connectivity index (χ4v) is 3.67. The molecule has 144 valence electrons. The monoisotopic (exact) mass is 392 g/mol. The van der Waals surface area contributed by atoms with Gasteiger partial charge in [0.2, 0.25) is 10.0 Å². The number of sulfonamides is 1. The molecule has 1 aliphatic heterocycles. The van der Waals surface area contributed by atoms with Crippen molar-refractivity contribution in [3.63, 3.8) is 0 Å². The molecule has 0 saturated carbocycles. The van der Waals surface area contributed by atoms with Crippen LogP contribution in [0.5, 0.6) is 0 Å². The van der Waals surface area contributed by atoms with Crippen molar-refractivity contribution in [1.29, 1.82) is 0 Å². The number of hydrogen-bond acceptors (Lipinski definition) is 6. The number of nitrogens with one attached hydrogen (secondary N) is 1. The molecule has 8 nitrogen and oxygen atoms in total. The number of ether oxygens (including phenoxy) is 2. The van der Waals surface area contributed by atoms with Crippen LogP contribution in [-0.4, -0.2) is 64.6 Å². The van der Waals surface area contributed by atoms with E-state index < -0.39 is 29.1 Å². The molecule has 2 aromatic rings. The summed E-state index contributed by atoms with van der Waals surface area (Å²) >= 11 is 0. The summed E-state index contributed by atoms with van der Waals surface area (Å²) in [6.07, 6.45) is 0. The topological polar surface area (TPSA) is 102 Å². The molecule has 1 N–H and O–H groups in total. The Kier molecular flexibility index (Phi) is 6.04. The van der Waals surface area contributed by atoms with Crippen molar-refractivity contribution in [2.24, 2.45) is 0 Å². The number of esters is 1. The third-order valence-electron chi connectivity index (χ3n) is 4.16. The second-order valence-electron chi connectivity index (χ2n) is 5.99. The highest BCUT2D eigenvalue weighted by Gasteiger charge is 2.20. The molecule has 0 bridgehead atoms. The Hall–Kier alpha value is -2.49. The Labute approximate surface area is 157 Å². The highest BCUT2D eigenvalue weighted by Crippen LogP contribution is 2.18. The minimum Gasteiger partial charge on any atom is -0.455 e. The van der Waals surface area contributed by atoms with Gasteiger partial charge in [0.15, 0.2) is 6.61 Å². The lowest BCUT2D eigenvalue weighted by atomic mass is 10.1. The van der Waals surface area contributed by atoms with E-state index in [0.29, 0.717) is 26.3 Å². The quantitative estimate of drug-likeness (QED) is 0.719. The first-order valence-electron chi connectivity index (χ1n) is 8.45. The molecule has 0 aliphatic carbocycles. The van der Waals surface area contributed by atoms with Gasteiger partial charge in [-0.1, -0.05) is 30.3 Å². The number of fused-ring (bicyclic) bond motifs is 1. The highest BCUT2D eigenvalue weighted by atomic mass is 32.2. The van der Waals surface area contributed by atoms with Crippen LogP contribution in [0, 0.1) is 0 Å². The Balaban J connectivity index is 1.52. The van der Waals surface area contributed by atoms with Crippen LogP contribution >= 0.6 is 0 Å². The Morgan fingerprint density at radius 1 is 1.07 bits per heavy atom. The van der Waals surface area contributed by atoms with Crippen LogP contribution in [-0.2, 0) is 29.1 Å². The number of morpholine rings is 1. The molecule has 1 fully saturated rings. The van der Waals surface area contributed by atoms with Gasteiger partial charge in [0.1, 0.15) is 6.54 Å². The number of carbonyl (C=O) groups is 2. The van der Waals surface area contributed by atoms with Gasteiger partial charge >= 0.3 is 5.97 Å². The molecule has 2 aromatic carbocycles. The normalized spacial score (nSPS) is 14.9. The van der Waals surface area contributed by atoms with Gasteiger partial charge in [0.05, 0.1) is 18.1 Å². The van der Waals surface area contributed by atoms with E-state index in [9.17, 15) is 18.0 Å². The van der Waals surface area contributed by atoms with Crippen LogP contribution in [0.1, 0.15) is 0 Å². The van der Waals surface area contributed by atoms with Gasteiger partial charge in [-0.25, -0.2) is 8.42 Å². The average Bonchev–Trinajstić information content (AvgIpc) is 2.70. The van der Waals surface area contributed by atoms with E-state index in [1.54, 1.807) is 12.1 Å². The molecule has 27 heavy (non-hydrogen) atoms. The number of carbonyl (C=O) groups excluding carboxylic acids is 2. The predicted octanol–water partition coefficient (Wildman–Crippen LogP) is 0.520. The van der Waals surface area contributed by atoms with Crippen molar-refractivity contribution >= 4 is 32.7 Å². The van der Waals surface area contributed by atoms with Gasteiger partial charge in [0.25, 0.3) is 5.91 Å². The summed E-state index contributed by atoms with van der Waals surface area (Å²) in [5, 5.41) is 1.69. The van der Waals surface area contributed by atoms with Crippen molar-refractivity contribution in [3.05, 3.63) is 42.5 Å². The minimum atomic E-state index is -3.87. The molecular formula is C18H20N2O6S. The number of nitrogens with zero attached hydrogens (tertiary/aromatic N) is 1. The van der Waals surface area contributed by atoms with E-state index in [0.717, 1.165) is 10.8 Å². The Bertz CT molecular complexity index is 938. The average molecular weight is 392 g/mol. The van der Waals surface area contributed by atoms with Crippen LogP contribution in [0.15, 0.2) is 47.4 Å². The minimum absolute atomic E-state index is 0.0541. The summed E-state index contributed by atoms with van der Waals surface area (Å²) < 4.78 is 36.9. The Morgan fingerprint density at radius 2 is 1.78 bits per heavy atom. The molecule has 1 amide bonds.